The van der Waals surface area contributed by atoms with Crippen molar-refractivity contribution in [3.8, 4) is 0 Å². The molecular weight excluding hydrogens is 264 g/mol. The van der Waals surface area contributed by atoms with Crippen molar-refractivity contribution < 1.29 is 4.79 Å². The quantitative estimate of drug-likeness (QED) is 0.916. The Kier molecular flexibility index (Phi) is 4.87. The van der Waals surface area contributed by atoms with Crippen molar-refractivity contribution in [2.24, 2.45) is 0 Å². The van der Waals surface area contributed by atoms with Crippen LogP contribution in [0.15, 0.2) is 36.7 Å². The molecule has 0 aliphatic carbocycles. The van der Waals surface area contributed by atoms with Crippen molar-refractivity contribution in [3.63, 3.8) is 0 Å². The van der Waals surface area contributed by atoms with Crippen molar-refractivity contribution in [3.05, 3.63) is 53.5 Å². The third kappa shape index (κ3) is 3.78. The smallest absolute Gasteiger partial charge is 0.274 e. The Morgan fingerprint density at radius 2 is 2.00 bits per heavy atom. The first-order valence-corrected chi connectivity index (χ1v) is 6.97. The minimum absolute atomic E-state index is 0.131. The molecule has 110 valence electrons. The van der Waals surface area contributed by atoms with Gasteiger partial charge in [0.15, 0.2) is 0 Å². The molecule has 1 N–H and O–H groups in total. The number of carbonyl (C=O) groups is 1. The predicted molar refractivity (Wildman–Crippen MR) is 83.2 cm³/mol. The van der Waals surface area contributed by atoms with Crippen molar-refractivity contribution in [2.75, 3.05) is 18.9 Å². The largest absolute Gasteiger partial charge is 0.369 e. The average Bonchev–Trinajstić information content (AvgIpc) is 2.50. The zero-order chi connectivity index (χ0) is 15.2. The summed E-state index contributed by atoms with van der Waals surface area (Å²) in [6.45, 7) is 5.35. The monoisotopic (exact) mass is 284 g/mol. The molecule has 0 spiro atoms. The molecule has 0 radical (unpaired) electrons. The molecule has 1 aromatic carbocycles. The van der Waals surface area contributed by atoms with Crippen LogP contribution in [0.4, 0.5) is 5.82 Å². The number of hydrogen-bond donors (Lipinski definition) is 1. The third-order valence-electron chi connectivity index (χ3n) is 3.24. The van der Waals surface area contributed by atoms with Gasteiger partial charge >= 0.3 is 0 Å². The molecular formula is C16H20N4O. The third-order valence-corrected chi connectivity index (χ3v) is 3.24. The van der Waals surface area contributed by atoms with E-state index in [0.29, 0.717) is 18.1 Å². The maximum atomic E-state index is 12.3. The van der Waals surface area contributed by atoms with Gasteiger partial charge in [-0.15, -0.1) is 0 Å². The van der Waals surface area contributed by atoms with E-state index < -0.39 is 0 Å². The SMILES string of the molecule is CCNc1cnc(C(=O)N(C)Cc2ccccc2C)cn1. The average molecular weight is 284 g/mol. The number of anilines is 1. The first kappa shape index (κ1) is 15.0. The zero-order valence-electron chi connectivity index (χ0n) is 12.6. The summed E-state index contributed by atoms with van der Waals surface area (Å²) < 4.78 is 0. The Bertz CT molecular complexity index is 610. The molecule has 0 aliphatic rings. The van der Waals surface area contributed by atoms with E-state index in [-0.39, 0.29) is 5.91 Å². The number of aromatic nitrogens is 2. The van der Waals surface area contributed by atoms with E-state index in [1.54, 1.807) is 18.1 Å². The van der Waals surface area contributed by atoms with E-state index in [9.17, 15) is 4.79 Å². The van der Waals surface area contributed by atoms with Gasteiger partial charge in [-0.25, -0.2) is 9.97 Å². The van der Waals surface area contributed by atoms with E-state index >= 15 is 0 Å². The standard InChI is InChI=1S/C16H20N4O/c1-4-17-15-10-18-14(9-19-15)16(21)20(3)11-13-8-6-5-7-12(13)2/h5-10H,4,11H2,1-3H3,(H,17,19). The van der Waals surface area contributed by atoms with Gasteiger partial charge in [-0.2, -0.15) is 0 Å². The number of nitrogens with zero attached hydrogens (tertiary/aromatic N) is 3. The molecule has 5 heteroatoms. The van der Waals surface area contributed by atoms with Crippen molar-refractivity contribution in [1.82, 2.24) is 14.9 Å². The second kappa shape index (κ2) is 6.83. The van der Waals surface area contributed by atoms with Crippen LogP contribution in [0.3, 0.4) is 0 Å². The number of hydrogen-bond acceptors (Lipinski definition) is 4. The summed E-state index contributed by atoms with van der Waals surface area (Å²) >= 11 is 0. The van der Waals surface area contributed by atoms with E-state index in [1.807, 2.05) is 38.1 Å². The van der Waals surface area contributed by atoms with Crippen LogP contribution in [0.1, 0.15) is 28.5 Å². The Hall–Kier alpha value is -2.43. The summed E-state index contributed by atoms with van der Waals surface area (Å²) in [5.74, 6) is 0.546. The highest BCUT2D eigenvalue weighted by atomic mass is 16.2. The van der Waals surface area contributed by atoms with Crippen LogP contribution >= 0.6 is 0 Å². The molecule has 0 saturated heterocycles. The van der Waals surface area contributed by atoms with Crippen LogP contribution in [-0.4, -0.2) is 34.4 Å². The molecule has 2 aromatic rings. The van der Waals surface area contributed by atoms with Crippen molar-refractivity contribution in [2.45, 2.75) is 20.4 Å². The first-order valence-electron chi connectivity index (χ1n) is 6.97. The fourth-order valence-electron chi connectivity index (χ4n) is 2.02. The number of amides is 1. The number of nitrogens with one attached hydrogen (secondary N) is 1. The lowest BCUT2D eigenvalue weighted by Gasteiger charge is -2.18. The van der Waals surface area contributed by atoms with Crippen LogP contribution in [-0.2, 0) is 6.54 Å². The van der Waals surface area contributed by atoms with Crippen LogP contribution in [0.2, 0.25) is 0 Å². The summed E-state index contributed by atoms with van der Waals surface area (Å²) in [5, 5.41) is 3.05. The molecule has 5 nitrogen and oxygen atoms in total. The number of benzene rings is 1. The van der Waals surface area contributed by atoms with Crippen LogP contribution in [0, 0.1) is 6.92 Å². The van der Waals surface area contributed by atoms with Crippen LogP contribution in [0.5, 0.6) is 0 Å². The number of rotatable bonds is 5. The highest BCUT2D eigenvalue weighted by molar-refractivity contribution is 5.91. The zero-order valence-corrected chi connectivity index (χ0v) is 12.6. The highest BCUT2D eigenvalue weighted by Gasteiger charge is 2.14. The second-order valence-electron chi connectivity index (χ2n) is 4.90. The fraction of sp³-hybridized carbons (Fsp3) is 0.312. The van der Waals surface area contributed by atoms with Gasteiger partial charge in [0, 0.05) is 20.1 Å². The van der Waals surface area contributed by atoms with Gasteiger partial charge in [0.1, 0.15) is 11.5 Å². The first-order chi connectivity index (χ1) is 10.1. The summed E-state index contributed by atoms with van der Waals surface area (Å²) in [6, 6.07) is 8.04. The summed E-state index contributed by atoms with van der Waals surface area (Å²) in [6.07, 6.45) is 3.09. The number of carbonyl (C=O) groups excluding carboxylic acids is 1. The van der Waals surface area contributed by atoms with Gasteiger partial charge in [0.25, 0.3) is 5.91 Å². The molecule has 0 unspecified atom stereocenters. The maximum absolute atomic E-state index is 12.3. The second-order valence-corrected chi connectivity index (χ2v) is 4.90. The molecule has 0 bridgehead atoms. The van der Waals surface area contributed by atoms with Crippen molar-refractivity contribution in [1.29, 1.82) is 0 Å². The van der Waals surface area contributed by atoms with Crippen LogP contribution < -0.4 is 5.32 Å². The predicted octanol–water partition coefficient (Wildman–Crippen LogP) is 2.49. The molecule has 21 heavy (non-hydrogen) atoms. The van der Waals surface area contributed by atoms with Gasteiger partial charge in [0.2, 0.25) is 0 Å². The Balaban J connectivity index is 2.07. The molecule has 0 saturated carbocycles. The molecule has 0 fully saturated rings. The molecule has 2 rings (SSSR count). The lowest BCUT2D eigenvalue weighted by molar-refractivity contribution is 0.0778. The van der Waals surface area contributed by atoms with Gasteiger partial charge in [-0.05, 0) is 25.0 Å². The summed E-state index contributed by atoms with van der Waals surface area (Å²) in [4.78, 5) is 22.3. The van der Waals surface area contributed by atoms with E-state index in [0.717, 1.165) is 12.1 Å². The van der Waals surface area contributed by atoms with Gasteiger partial charge in [-0.3, -0.25) is 4.79 Å². The van der Waals surface area contributed by atoms with Gasteiger partial charge in [0.05, 0.1) is 12.4 Å². The minimum Gasteiger partial charge on any atom is -0.369 e. The molecule has 1 heterocycles. The Labute approximate surface area is 125 Å². The topological polar surface area (TPSA) is 58.1 Å². The Morgan fingerprint density at radius 3 is 2.62 bits per heavy atom. The molecule has 0 atom stereocenters. The lowest BCUT2D eigenvalue weighted by atomic mass is 10.1. The van der Waals surface area contributed by atoms with E-state index in [2.05, 4.69) is 15.3 Å². The van der Waals surface area contributed by atoms with E-state index in [4.69, 9.17) is 0 Å². The maximum Gasteiger partial charge on any atom is 0.274 e. The van der Waals surface area contributed by atoms with Crippen molar-refractivity contribution >= 4 is 11.7 Å². The van der Waals surface area contributed by atoms with Gasteiger partial charge in [-0.1, -0.05) is 24.3 Å². The highest BCUT2D eigenvalue weighted by Crippen LogP contribution is 2.11. The molecule has 0 aliphatic heterocycles. The molecule has 1 amide bonds. The summed E-state index contributed by atoms with van der Waals surface area (Å²) in [7, 11) is 1.77. The minimum atomic E-state index is -0.131. The van der Waals surface area contributed by atoms with E-state index in [1.165, 1.54) is 11.8 Å². The Morgan fingerprint density at radius 1 is 1.24 bits per heavy atom. The van der Waals surface area contributed by atoms with Crippen LogP contribution in [0.25, 0.3) is 0 Å². The number of aryl methyl sites for hydroxylation is 1. The fourth-order valence-corrected chi connectivity index (χ4v) is 2.02. The lowest BCUT2D eigenvalue weighted by Crippen LogP contribution is -2.27. The van der Waals surface area contributed by atoms with Gasteiger partial charge < -0.3 is 10.2 Å². The summed E-state index contributed by atoms with van der Waals surface area (Å²) in [5.41, 5.74) is 2.66. The normalized spacial score (nSPS) is 10.2. The molecule has 1 aromatic heterocycles.